The molecular weight excluding hydrogens is 236 g/mol. The fraction of sp³-hybridized carbons (Fsp3) is 1.00. The maximum Gasteiger partial charge on any atom is 0.0942 e. The third kappa shape index (κ3) is 3.33. The Morgan fingerprint density at radius 1 is 1.05 bits per heavy atom. The van der Waals surface area contributed by atoms with Gasteiger partial charge in [-0.05, 0) is 38.0 Å². The highest BCUT2D eigenvalue weighted by Crippen LogP contribution is 2.43. The molecule has 0 amide bonds. The van der Waals surface area contributed by atoms with Crippen molar-refractivity contribution in [3.63, 3.8) is 0 Å². The van der Waals surface area contributed by atoms with Gasteiger partial charge < -0.3 is 9.84 Å². The first-order valence-electron chi connectivity index (χ1n) is 8.55. The minimum absolute atomic E-state index is 0.220. The van der Waals surface area contributed by atoms with Gasteiger partial charge in [0, 0.05) is 6.61 Å². The predicted octanol–water partition coefficient (Wildman–Crippen LogP) is 4.30. The van der Waals surface area contributed by atoms with Gasteiger partial charge in [-0.1, -0.05) is 51.9 Å². The lowest BCUT2D eigenvalue weighted by atomic mass is 9.67. The van der Waals surface area contributed by atoms with E-state index in [1.54, 1.807) is 0 Å². The van der Waals surface area contributed by atoms with Crippen LogP contribution in [0.25, 0.3) is 0 Å². The molecular formula is C17H32O2. The zero-order valence-corrected chi connectivity index (χ0v) is 12.9. The summed E-state index contributed by atoms with van der Waals surface area (Å²) in [4.78, 5) is 0. The zero-order valence-electron chi connectivity index (χ0n) is 12.9. The van der Waals surface area contributed by atoms with E-state index in [2.05, 4.69) is 13.8 Å². The summed E-state index contributed by atoms with van der Waals surface area (Å²) in [5, 5.41) is 11.1. The molecule has 3 atom stereocenters. The lowest BCUT2D eigenvalue weighted by Gasteiger charge is -2.47. The summed E-state index contributed by atoms with van der Waals surface area (Å²) in [5.41, 5.74) is -0.220. The van der Waals surface area contributed by atoms with Crippen LogP contribution in [0.2, 0.25) is 0 Å². The lowest BCUT2D eigenvalue weighted by molar-refractivity contribution is -0.167. The fourth-order valence-electron chi connectivity index (χ4n) is 4.51. The van der Waals surface area contributed by atoms with Crippen LogP contribution in [0.3, 0.4) is 0 Å². The predicted molar refractivity (Wildman–Crippen MR) is 79.2 cm³/mol. The molecule has 112 valence electrons. The second-order valence-electron chi connectivity index (χ2n) is 6.62. The van der Waals surface area contributed by atoms with Gasteiger partial charge in [-0.2, -0.15) is 0 Å². The molecule has 0 spiro atoms. The first kappa shape index (κ1) is 15.3. The number of rotatable bonds is 5. The van der Waals surface area contributed by atoms with Gasteiger partial charge in [0.2, 0.25) is 0 Å². The molecule has 2 saturated carbocycles. The van der Waals surface area contributed by atoms with E-state index in [9.17, 15) is 5.11 Å². The van der Waals surface area contributed by atoms with Crippen molar-refractivity contribution in [1.82, 2.24) is 0 Å². The smallest absolute Gasteiger partial charge is 0.0942 e. The normalized spacial score (nSPS) is 33.0. The highest BCUT2D eigenvalue weighted by Gasteiger charge is 2.45. The number of aliphatic hydroxyl groups excluding tert-OH is 1. The first-order valence-corrected chi connectivity index (χ1v) is 8.55. The molecule has 0 radical (unpaired) electrons. The molecule has 2 nitrogen and oxygen atoms in total. The standard InChI is InChI=1S/C17H32O2/c1-3-14-10-6-7-11-15(14)16(18)17(19-4-2)12-8-5-9-13-17/h14-16,18H,3-13H2,1-2H3. The summed E-state index contributed by atoms with van der Waals surface area (Å²) in [6.45, 7) is 5.09. The third-order valence-corrected chi connectivity index (χ3v) is 5.57. The lowest BCUT2D eigenvalue weighted by Crippen LogP contribution is -2.52. The Balaban J connectivity index is 2.10. The minimum atomic E-state index is -0.238. The van der Waals surface area contributed by atoms with Gasteiger partial charge in [0.25, 0.3) is 0 Å². The van der Waals surface area contributed by atoms with Gasteiger partial charge in [0.05, 0.1) is 11.7 Å². The second-order valence-corrected chi connectivity index (χ2v) is 6.62. The average Bonchev–Trinajstić information content (AvgIpc) is 2.47. The highest BCUT2D eigenvalue weighted by atomic mass is 16.5. The summed E-state index contributed by atoms with van der Waals surface area (Å²) in [5.74, 6) is 1.19. The zero-order chi connectivity index (χ0) is 13.7. The Bertz CT molecular complexity index is 252. The van der Waals surface area contributed by atoms with Gasteiger partial charge in [0.1, 0.15) is 0 Å². The summed E-state index contributed by atoms with van der Waals surface area (Å²) in [6.07, 6.45) is 12.0. The topological polar surface area (TPSA) is 29.5 Å². The highest BCUT2D eigenvalue weighted by molar-refractivity contribution is 4.96. The number of hydrogen-bond acceptors (Lipinski definition) is 2. The fourth-order valence-corrected chi connectivity index (χ4v) is 4.51. The van der Waals surface area contributed by atoms with Crippen LogP contribution in [0.15, 0.2) is 0 Å². The summed E-state index contributed by atoms with van der Waals surface area (Å²) < 4.78 is 6.13. The molecule has 2 fully saturated rings. The van der Waals surface area contributed by atoms with Crippen molar-refractivity contribution in [2.75, 3.05) is 6.61 Å². The summed E-state index contributed by atoms with van der Waals surface area (Å²) >= 11 is 0. The first-order chi connectivity index (χ1) is 9.23. The van der Waals surface area contributed by atoms with E-state index in [0.717, 1.165) is 19.4 Å². The Morgan fingerprint density at radius 3 is 2.37 bits per heavy atom. The molecule has 2 aliphatic rings. The molecule has 0 aromatic heterocycles. The Hall–Kier alpha value is -0.0800. The number of ether oxygens (including phenoxy) is 1. The second kappa shape index (κ2) is 7.08. The Morgan fingerprint density at radius 2 is 1.74 bits per heavy atom. The van der Waals surface area contributed by atoms with Crippen molar-refractivity contribution in [2.45, 2.75) is 89.8 Å². The average molecular weight is 268 g/mol. The van der Waals surface area contributed by atoms with Crippen molar-refractivity contribution in [1.29, 1.82) is 0 Å². The van der Waals surface area contributed by atoms with Crippen molar-refractivity contribution in [2.24, 2.45) is 11.8 Å². The van der Waals surface area contributed by atoms with Crippen LogP contribution in [0.1, 0.15) is 78.1 Å². The van der Waals surface area contributed by atoms with Gasteiger partial charge in [0.15, 0.2) is 0 Å². The van der Waals surface area contributed by atoms with E-state index in [1.165, 1.54) is 51.4 Å². The van der Waals surface area contributed by atoms with Gasteiger partial charge >= 0.3 is 0 Å². The monoisotopic (exact) mass is 268 g/mol. The van der Waals surface area contributed by atoms with E-state index >= 15 is 0 Å². The molecule has 0 aliphatic heterocycles. The maximum atomic E-state index is 11.1. The van der Waals surface area contributed by atoms with Crippen molar-refractivity contribution < 1.29 is 9.84 Å². The quantitative estimate of drug-likeness (QED) is 0.805. The van der Waals surface area contributed by atoms with E-state index in [0.29, 0.717) is 11.8 Å². The van der Waals surface area contributed by atoms with Crippen LogP contribution in [-0.2, 0) is 4.74 Å². The third-order valence-electron chi connectivity index (χ3n) is 5.57. The largest absolute Gasteiger partial charge is 0.390 e. The number of aliphatic hydroxyl groups is 1. The minimum Gasteiger partial charge on any atom is -0.390 e. The Labute approximate surface area is 118 Å². The molecule has 0 aromatic rings. The van der Waals surface area contributed by atoms with Crippen LogP contribution in [-0.4, -0.2) is 23.4 Å². The van der Waals surface area contributed by atoms with Crippen molar-refractivity contribution in [3.8, 4) is 0 Å². The molecule has 19 heavy (non-hydrogen) atoms. The number of hydrogen-bond donors (Lipinski definition) is 1. The van der Waals surface area contributed by atoms with Crippen LogP contribution in [0, 0.1) is 11.8 Å². The van der Waals surface area contributed by atoms with Gasteiger partial charge in [-0.25, -0.2) is 0 Å². The van der Waals surface area contributed by atoms with Crippen LogP contribution in [0.5, 0.6) is 0 Å². The molecule has 0 saturated heterocycles. The van der Waals surface area contributed by atoms with Crippen LogP contribution >= 0.6 is 0 Å². The summed E-state index contributed by atoms with van der Waals surface area (Å²) in [6, 6.07) is 0. The molecule has 2 heteroatoms. The molecule has 0 heterocycles. The SMILES string of the molecule is CCOC1(C(O)C2CCCCC2CC)CCCCC1. The van der Waals surface area contributed by atoms with Crippen LogP contribution in [0.4, 0.5) is 0 Å². The van der Waals surface area contributed by atoms with Gasteiger partial charge in [-0.3, -0.25) is 0 Å². The summed E-state index contributed by atoms with van der Waals surface area (Å²) in [7, 11) is 0. The van der Waals surface area contributed by atoms with E-state index in [-0.39, 0.29) is 11.7 Å². The van der Waals surface area contributed by atoms with Crippen LogP contribution < -0.4 is 0 Å². The molecule has 2 aliphatic carbocycles. The molecule has 0 aromatic carbocycles. The van der Waals surface area contributed by atoms with Crippen molar-refractivity contribution in [3.05, 3.63) is 0 Å². The Kier molecular flexibility index (Phi) is 5.70. The molecule has 3 unspecified atom stereocenters. The molecule has 0 bridgehead atoms. The van der Waals surface area contributed by atoms with E-state index < -0.39 is 0 Å². The molecule has 1 N–H and O–H groups in total. The molecule has 2 rings (SSSR count). The maximum absolute atomic E-state index is 11.1. The van der Waals surface area contributed by atoms with Gasteiger partial charge in [-0.15, -0.1) is 0 Å². The van der Waals surface area contributed by atoms with Crippen molar-refractivity contribution >= 4 is 0 Å². The van der Waals surface area contributed by atoms with E-state index in [1.807, 2.05) is 0 Å². The van der Waals surface area contributed by atoms with E-state index in [4.69, 9.17) is 4.74 Å².